The van der Waals surface area contributed by atoms with E-state index in [9.17, 15) is 27.9 Å². The molecule has 11 nitrogen and oxygen atoms in total. The molecule has 0 aliphatic carbocycles. The number of para-hydroxylation sites is 2. The first-order valence-electron chi connectivity index (χ1n) is 14.2. The number of piperidine rings is 1. The van der Waals surface area contributed by atoms with E-state index >= 15 is 0 Å². The van der Waals surface area contributed by atoms with Gasteiger partial charge in [0.1, 0.15) is 24.1 Å². The number of carbonyl (C=O) groups is 1. The molecule has 232 valence electrons. The Bertz CT molecular complexity index is 1730. The van der Waals surface area contributed by atoms with Crippen LogP contribution in [-0.2, 0) is 6.54 Å². The number of ether oxygens (including phenoxy) is 2. The van der Waals surface area contributed by atoms with Crippen LogP contribution in [0.5, 0.6) is 11.5 Å². The fourth-order valence-corrected chi connectivity index (χ4v) is 5.67. The van der Waals surface area contributed by atoms with E-state index in [2.05, 4.69) is 37.0 Å². The molecule has 1 fully saturated rings. The standard InChI is InChI=1S/C30H31F3N6O5/c1-38-10-7-18(8-11-38)39-15-17-12-22-23(13-20(17)29(39)42)37-27(36-22)26-21(6-9-34-28(26)41)35-14-19(40)16-43-24-4-2-3-5-25(24)44-30(31,32)33/h2-6,9,12-13,18-19,40H,7-8,10-11,14-16H2,1H3,(H,36,37)(H2,34,35,41)/t19-/m1/s1. The Balaban J connectivity index is 1.15. The van der Waals surface area contributed by atoms with Crippen LogP contribution in [0, 0.1) is 0 Å². The predicted molar refractivity (Wildman–Crippen MR) is 156 cm³/mol. The fourth-order valence-electron chi connectivity index (χ4n) is 5.67. The van der Waals surface area contributed by atoms with Crippen LogP contribution >= 0.6 is 0 Å². The number of hydrogen-bond donors (Lipinski definition) is 4. The summed E-state index contributed by atoms with van der Waals surface area (Å²) in [5.41, 5.74) is 2.86. The fraction of sp³-hybridized carbons (Fsp3) is 0.367. The molecule has 0 unspecified atom stereocenters. The normalized spacial score (nSPS) is 16.8. The Labute approximate surface area is 249 Å². The van der Waals surface area contributed by atoms with Gasteiger partial charge in [0.05, 0.1) is 16.7 Å². The Morgan fingerprint density at radius 2 is 1.89 bits per heavy atom. The highest BCUT2D eigenvalue weighted by atomic mass is 19.4. The first-order valence-corrected chi connectivity index (χ1v) is 14.2. The number of aromatic amines is 2. The van der Waals surface area contributed by atoms with Crippen molar-refractivity contribution >= 4 is 22.6 Å². The third-order valence-corrected chi connectivity index (χ3v) is 7.90. The topological polar surface area (TPSA) is 136 Å². The van der Waals surface area contributed by atoms with Crippen LogP contribution in [0.15, 0.2) is 53.5 Å². The third-order valence-electron chi connectivity index (χ3n) is 7.90. The molecule has 4 N–H and O–H groups in total. The summed E-state index contributed by atoms with van der Waals surface area (Å²) in [6.07, 6.45) is -2.74. The van der Waals surface area contributed by atoms with Gasteiger partial charge in [-0.1, -0.05) is 12.1 Å². The van der Waals surface area contributed by atoms with Crippen molar-refractivity contribution in [3.05, 3.63) is 70.1 Å². The minimum Gasteiger partial charge on any atom is -0.487 e. The molecule has 2 aliphatic rings. The highest BCUT2D eigenvalue weighted by molar-refractivity contribution is 6.02. The van der Waals surface area contributed by atoms with Gasteiger partial charge >= 0.3 is 6.36 Å². The van der Waals surface area contributed by atoms with Crippen LogP contribution in [-0.4, -0.2) is 87.6 Å². The van der Waals surface area contributed by atoms with Crippen LogP contribution in [0.2, 0.25) is 0 Å². The van der Waals surface area contributed by atoms with Crippen molar-refractivity contribution < 1.29 is 32.5 Å². The lowest BCUT2D eigenvalue weighted by atomic mass is 10.0. The summed E-state index contributed by atoms with van der Waals surface area (Å²) in [6, 6.07) is 10.7. The van der Waals surface area contributed by atoms with Gasteiger partial charge in [-0.05, 0) is 68.9 Å². The number of alkyl halides is 3. The smallest absolute Gasteiger partial charge is 0.487 e. The number of benzene rings is 2. The van der Waals surface area contributed by atoms with Gasteiger partial charge in [0, 0.05) is 30.9 Å². The molecule has 2 aromatic carbocycles. The number of halogens is 3. The molecule has 0 spiro atoms. The molecule has 2 aliphatic heterocycles. The van der Waals surface area contributed by atoms with E-state index < -0.39 is 23.8 Å². The second-order valence-electron chi connectivity index (χ2n) is 11.0. The number of H-pyrrole nitrogens is 2. The largest absolute Gasteiger partial charge is 0.573 e. The van der Waals surface area contributed by atoms with Crippen LogP contribution in [0.1, 0.15) is 28.8 Å². The van der Waals surface area contributed by atoms with Crippen molar-refractivity contribution in [2.75, 3.05) is 38.6 Å². The number of likely N-dealkylation sites (tertiary alicyclic amines) is 1. The van der Waals surface area contributed by atoms with E-state index in [0.29, 0.717) is 28.8 Å². The van der Waals surface area contributed by atoms with Crippen molar-refractivity contribution in [2.45, 2.75) is 37.9 Å². The van der Waals surface area contributed by atoms with Gasteiger partial charge < -0.3 is 39.7 Å². The molecule has 0 bridgehead atoms. The van der Waals surface area contributed by atoms with Crippen LogP contribution < -0.4 is 20.3 Å². The molecule has 0 saturated carbocycles. The van der Waals surface area contributed by atoms with E-state index in [1.807, 2.05) is 11.0 Å². The highest BCUT2D eigenvalue weighted by Crippen LogP contribution is 2.34. The number of imidazole rings is 1. The molecule has 6 rings (SSSR count). The number of pyridine rings is 1. The summed E-state index contributed by atoms with van der Waals surface area (Å²) < 4.78 is 47.4. The maximum absolute atomic E-state index is 13.3. The summed E-state index contributed by atoms with van der Waals surface area (Å²) in [7, 11) is 2.08. The SMILES string of the molecule is CN1CCC(N2Cc3cc4[nH]c(-c5c(NC[C@@H](O)COc6ccccc6OC(F)(F)F)cc[nH]c5=O)nc4cc3C2=O)CC1. The maximum Gasteiger partial charge on any atom is 0.573 e. The molecule has 1 amide bonds. The number of aliphatic hydroxyl groups excluding tert-OH is 1. The van der Waals surface area contributed by atoms with Crippen LogP contribution in [0.25, 0.3) is 22.4 Å². The number of hydrogen-bond acceptors (Lipinski definition) is 8. The monoisotopic (exact) mass is 612 g/mol. The average Bonchev–Trinajstić information content (AvgIpc) is 3.53. The van der Waals surface area contributed by atoms with Crippen LogP contribution in [0.4, 0.5) is 18.9 Å². The molecule has 4 heterocycles. The lowest BCUT2D eigenvalue weighted by molar-refractivity contribution is -0.275. The van der Waals surface area contributed by atoms with E-state index in [4.69, 9.17) is 4.74 Å². The van der Waals surface area contributed by atoms with Gasteiger partial charge in [0.25, 0.3) is 11.5 Å². The van der Waals surface area contributed by atoms with Crippen LogP contribution in [0.3, 0.4) is 0 Å². The summed E-state index contributed by atoms with van der Waals surface area (Å²) in [5.74, 6) is -0.437. The molecule has 0 radical (unpaired) electrons. The summed E-state index contributed by atoms with van der Waals surface area (Å²) >= 11 is 0. The van der Waals surface area contributed by atoms with Crippen molar-refractivity contribution in [1.82, 2.24) is 24.8 Å². The zero-order valence-electron chi connectivity index (χ0n) is 23.8. The number of nitrogens with one attached hydrogen (secondary N) is 3. The quantitative estimate of drug-likeness (QED) is 0.225. The van der Waals surface area contributed by atoms with Crippen molar-refractivity contribution in [1.29, 1.82) is 0 Å². The highest BCUT2D eigenvalue weighted by Gasteiger charge is 2.35. The minimum absolute atomic E-state index is 0.00952. The molecule has 2 aromatic heterocycles. The van der Waals surface area contributed by atoms with Crippen molar-refractivity contribution in [3.8, 4) is 22.9 Å². The zero-order valence-corrected chi connectivity index (χ0v) is 23.8. The number of nitrogens with zero attached hydrogens (tertiary/aromatic N) is 3. The average molecular weight is 613 g/mol. The molecule has 1 atom stereocenters. The van der Waals surface area contributed by atoms with Gasteiger partial charge in [0.2, 0.25) is 0 Å². The molecule has 14 heteroatoms. The number of amides is 1. The first-order chi connectivity index (χ1) is 21.1. The lowest BCUT2D eigenvalue weighted by Crippen LogP contribution is -2.43. The number of anilines is 1. The molecule has 44 heavy (non-hydrogen) atoms. The Morgan fingerprint density at radius 3 is 2.64 bits per heavy atom. The van der Waals surface area contributed by atoms with Crippen molar-refractivity contribution in [3.63, 3.8) is 0 Å². The van der Waals surface area contributed by atoms with Gasteiger partial charge in [-0.3, -0.25) is 9.59 Å². The number of aromatic nitrogens is 3. The summed E-state index contributed by atoms with van der Waals surface area (Å²) in [5, 5.41) is 13.5. The predicted octanol–water partition coefficient (Wildman–Crippen LogP) is 3.72. The summed E-state index contributed by atoms with van der Waals surface area (Å²) in [6.45, 7) is 2.00. The van der Waals surface area contributed by atoms with Gasteiger partial charge in [0.15, 0.2) is 11.5 Å². The van der Waals surface area contributed by atoms with E-state index in [0.717, 1.165) is 37.6 Å². The molecular weight excluding hydrogens is 581 g/mol. The lowest BCUT2D eigenvalue weighted by Gasteiger charge is -2.34. The number of rotatable bonds is 9. The number of carbonyl (C=O) groups excluding carboxylic acids is 1. The summed E-state index contributed by atoms with van der Waals surface area (Å²) in [4.78, 5) is 40.9. The Kier molecular flexibility index (Phi) is 7.95. The number of fused-ring (bicyclic) bond motifs is 2. The van der Waals surface area contributed by atoms with Crippen molar-refractivity contribution in [2.24, 2.45) is 0 Å². The number of aliphatic hydroxyl groups is 1. The van der Waals surface area contributed by atoms with Gasteiger partial charge in [-0.25, -0.2) is 4.98 Å². The van der Waals surface area contributed by atoms with E-state index in [-0.39, 0.29) is 42.2 Å². The third kappa shape index (κ3) is 6.21. The van der Waals surface area contributed by atoms with E-state index in [1.165, 1.54) is 24.4 Å². The minimum atomic E-state index is -4.89. The van der Waals surface area contributed by atoms with Gasteiger partial charge in [-0.15, -0.1) is 13.2 Å². The second kappa shape index (κ2) is 11.8. The maximum atomic E-state index is 13.3. The molecular formula is C30H31F3N6O5. The van der Waals surface area contributed by atoms with Gasteiger partial charge in [-0.2, -0.15) is 0 Å². The Morgan fingerprint density at radius 1 is 1.14 bits per heavy atom. The second-order valence-corrected chi connectivity index (χ2v) is 11.0. The van der Waals surface area contributed by atoms with E-state index in [1.54, 1.807) is 12.1 Å². The first kappa shape index (κ1) is 29.5. The molecule has 4 aromatic rings. The Hall–Kier alpha value is -4.56. The zero-order chi connectivity index (χ0) is 31.0. The molecule has 1 saturated heterocycles.